The summed E-state index contributed by atoms with van der Waals surface area (Å²) in [4.78, 5) is 14.2. The second-order valence-electron chi connectivity index (χ2n) is 7.42. The van der Waals surface area contributed by atoms with Gasteiger partial charge in [0, 0.05) is 24.8 Å². The maximum absolute atomic E-state index is 13.6. The molecule has 0 radical (unpaired) electrons. The Hall–Kier alpha value is -2.51. The van der Waals surface area contributed by atoms with Crippen LogP contribution < -0.4 is 10.1 Å². The second kappa shape index (κ2) is 8.24. The van der Waals surface area contributed by atoms with Gasteiger partial charge in [-0.15, -0.1) is 0 Å². The van der Waals surface area contributed by atoms with Crippen molar-refractivity contribution in [3.05, 3.63) is 59.7 Å². The molecule has 2 aromatic carbocycles. The van der Waals surface area contributed by atoms with Gasteiger partial charge in [-0.05, 0) is 50.1 Å². The fourth-order valence-corrected chi connectivity index (χ4v) is 3.15. The number of piperidine rings is 1. The molecular formula is C21H24F2N2O3. The number of benzene rings is 2. The predicted octanol–water partition coefficient (Wildman–Crippen LogP) is 3.12. The van der Waals surface area contributed by atoms with Crippen molar-refractivity contribution in [1.82, 2.24) is 4.90 Å². The van der Waals surface area contributed by atoms with E-state index >= 15 is 0 Å². The van der Waals surface area contributed by atoms with Crippen LogP contribution in [0.25, 0.3) is 0 Å². The van der Waals surface area contributed by atoms with Crippen LogP contribution in [0.2, 0.25) is 0 Å². The molecule has 2 atom stereocenters. The van der Waals surface area contributed by atoms with Gasteiger partial charge in [0.15, 0.2) is 0 Å². The van der Waals surface area contributed by atoms with Crippen LogP contribution in [0.4, 0.5) is 14.5 Å². The second-order valence-corrected chi connectivity index (χ2v) is 7.42. The molecule has 0 spiro atoms. The minimum absolute atomic E-state index is 0.0780. The van der Waals surface area contributed by atoms with Crippen LogP contribution in [0.5, 0.6) is 5.75 Å². The third kappa shape index (κ3) is 5.05. The van der Waals surface area contributed by atoms with Gasteiger partial charge < -0.3 is 15.2 Å². The molecule has 0 unspecified atom stereocenters. The topological polar surface area (TPSA) is 61.8 Å². The molecule has 1 heterocycles. The average Bonchev–Trinajstić information content (AvgIpc) is 2.61. The molecule has 1 aliphatic heterocycles. The van der Waals surface area contributed by atoms with Crippen LogP contribution in [0.15, 0.2) is 42.5 Å². The number of anilines is 1. The number of rotatable bonds is 5. The van der Waals surface area contributed by atoms with Crippen molar-refractivity contribution >= 4 is 11.6 Å². The quantitative estimate of drug-likeness (QED) is 0.824. The summed E-state index contributed by atoms with van der Waals surface area (Å²) in [6.45, 7) is 4.21. The van der Waals surface area contributed by atoms with Crippen LogP contribution in [0.3, 0.4) is 0 Å². The van der Waals surface area contributed by atoms with E-state index in [0.29, 0.717) is 36.5 Å². The number of likely N-dealkylation sites (tertiary alicyclic amines) is 1. The maximum atomic E-state index is 13.6. The van der Waals surface area contributed by atoms with Gasteiger partial charge in [-0.1, -0.05) is 12.1 Å². The highest BCUT2D eigenvalue weighted by molar-refractivity contribution is 5.92. The lowest BCUT2D eigenvalue weighted by Gasteiger charge is -2.42. The number of halogens is 2. The number of ether oxygens (including phenoxy) is 1. The van der Waals surface area contributed by atoms with Crippen molar-refractivity contribution < 1.29 is 23.4 Å². The zero-order valence-electron chi connectivity index (χ0n) is 15.9. The Kier molecular flexibility index (Phi) is 5.96. The minimum Gasteiger partial charge on any atom is -0.486 e. The van der Waals surface area contributed by atoms with Crippen LogP contribution in [-0.2, 0) is 4.79 Å². The molecule has 0 saturated carbocycles. The first-order chi connectivity index (χ1) is 13.2. The van der Waals surface area contributed by atoms with Crippen molar-refractivity contribution in [2.24, 2.45) is 0 Å². The van der Waals surface area contributed by atoms with Crippen LogP contribution in [0, 0.1) is 18.6 Å². The van der Waals surface area contributed by atoms with Crippen LogP contribution >= 0.6 is 0 Å². The molecule has 0 aromatic heterocycles. The number of carbonyl (C=O) groups excluding carboxylic acids is 1. The molecule has 0 aliphatic carbocycles. The highest BCUT2D eigenvalue weighted by Gasteiger charge is 2.39. The molecule has 3 rings (SSSR count). The summed E-state index contributed by atoms with van der Waals surface area (Å²) in [5.41, 5.74) is -0.197. The van der Waals surface area contributed by atoms with Crippen molar-refractivity contribution in [2.75, 3.05) is 25.0 Å². The molecular weight excluding hydrogens is 366 g/mol. The van der Waals surface area contributed by atoms with Gasteiger partial charge >= 0.3 is 0 Å². The number of nitrogens with zero attached hydrogens (tertiary/aromatic N) is 1. The van der Waals surface area contributed by atoms with Gasteiger partial charge in [0.1, 0.15) is 29.1 Å². The number of aryl methyl sites for hydroxylation is 1. The number of aliphatic hydroxyl groups is 1. The summed E-state index contributed by atoms with van der Waals surface area (Å²) in [7, 11) is 0. The third-order valence-electron chi connectivity index (χ3n) is 4.95. The smallest absolute Gasteiger partial charge is 0.238 e. The van der Waals surface area contributed by atoms with E-state index in [4.69, 9.17) is 4.74 Å². The highest BCUT2D eigenvalue weighted by Crippen LogP contribution is 2.27. The first-order valence-electron chi connectivity index (χ1n) is 9.16. The van der Waals surface area contributed by atoms with E-state index in [0.717, 1.165) is 0 Å². The Morgan fingerprint density at radius 1 is 1.32 bits per heavy atom. The molecule has 1 amide bonds. The van der Waals surface area contributed by atoms with E-state index < -0.39 is 17.5 Å². The maximum Gasteiger partial charge on any atom is 0.238 e. The lowest BCUT2D eigenvalue weighted by Crippen LogP contribution is -2.57. The fraction of sp³-hybridized carbons (Fsp3) is 0.381. The SMILES string of the molecule is Cc1ccc(NC(=O)CN2CC[C@](C)(O)[C@@H](Oc3cccc(F)c3)C2)cc1F. The van der Waals surface area contributed by atoms with E-state index in [1.165, 1.54) is 24.3 Å². The number of nitrogens with one attached hydrogen (secondary N) is 1. The van der Waals surface area contributed by atoms with E-state index in [-0.39, 0.29) is 18.3 Å². The number of hydrogen-bond acceptors (Lipinski definition) is 4. The van der Waals surface area contributed by atoms with Crippen molar-refractivity contribution in [3.8, 4) is 5.75 Å². The van der Waals surface area contributed by atoms with Gasteiger partial charge in [-0.2, -0.15) is 0 Å². The predicted molar refractivity (Wildman–Crippen MR) is 102 cm³/mol. The first-order valence-corrected chi connectivity index (χ1v) is 9.16. The molecule has 7 heteroatoms. The first kappa shape index (κ1) is 20.2. The Balaban J connectivity index is 1.61. The molecule has 1 fully saturated rings. The van der Waals surface area contributed by atoms with E-state index in [1.54, 1.807) is 32.0 Å². The largest absolute Gasteiger partial charge is 0.486 e. The van der Waals surface area contributed by atoms with Gasteiger partial charge in [-0.3, -0.25) is 9.69 Å². The Morgan fingerprint density at radius 3 is 2.82 bits per heavy atom. The van der Waals surface area contributed by atoms with Gasteiger partial charge in [-0.25, -0.2) is 8.78 Å². The number of hydrogen-bond donors (Lipinski definition) is 2. The number of carbonyl (C=O) groups is 1. The monoisotopic (exact) mass is 390 g/mol. The lowest BCUT2D eigenvalue weighted by molar-refractivity contribution is -0.122. The Bertz CT molecular complexity index is 857. The Morgan fingerprint density at radius 2 is 2.11 bits per heavy atom. The molecule has 0 bridgehead atoms. The molecule has 2 N–H and O–H groups in total. The molecule has 5 nitrogen and oxygen atoms in total. The molecule has 1 aliphatic rings. The zero-order valence-corrected chi connectivity index (χ0v) is 15.9. The van der Waals surface area contributed by atoms with Crippen molar-refractivity contribution in [3.63, 3.8) is 0 Å². The molecule has 1 saturated heterocycles. The van der Waals surface area contributed by atoms with Gasteiger partial charge in [0.2, 0.25) is 5.91 Å². The third-order valence-corrected chi connectivity index (χ3v) is 4.95. The zero-order chi connectivity index (χ0) is 20.3. The summed E-state index contributed by atoms with van der Waals surface area (Å²) < 4.78 is 32.8. The fourth-order valence-electron chi connectivity index (χ4n) is 3.15. The van der Waals surface area contributed by atoms with Crippen LogP contribution in [0.1, 0.15) is 18.9 Å². The normalized spacial score (nSPS) is 22.7. The highest BCUT2D eigenvalue weighted by atomic mass is 19.1. The summed E-state index contributed by atoms with van der Waals surface area (Å²) in [6, 6.07) is 10.3. The molecule has 28 heavy (non-hydrogen) atoms. The summed E-state index contributed by atoms with van der Waals surface area (Å²) >= 11 is 0. The summed E-state index contributed by atoms with van der Waals surface area (Å²) in [6.07, 6.45) is -0.216. The summed E-state index contributed by atoms with van der Waals surface area (Å²) in [5, 5.41) is 13.3. The van der Waals surface area contributed by atoms with E-state index in [9.17, 15) is 18.7 Å². The van der Waals surface area contributed by atoms with Gasteiger partial charge in [0.25, 0.3) is 0 Å². The minimum atomic E-state index is -1.10. The molecule has 150 valence electrons. The van der Waals surface area contributed by atoms with E-state index in [2.05, 4.69) is 5.32 Å². The molecule has 2 aromatic rings. The number of amides is 1. The summed E-state index contributed by atoms with van der Waals surface area (Å²) in [5.74, 6) is -0.758. The average molecular weight is 390 g/mol. The lowest BCUT2D eigenvalue weighted by atomic mass is 9.90. The Labute approximate surface area is 162 Å². The standard InChI is InChI=1S/C21H24F2N2O3/c1-14-6-7-16(11-18(14)23)24-20(26)13-25-9-8-21(2,27)19(12-25)28-17-5-3-4-15(22)10-17/h3-7,10-11,19,27H,8-9,12-13H2,1-2H3,(H,24,26)/t19-,21-/m0/s1. The van der Waals surface area contributed by atoms with E-state index in [1.807, 2.05) is 4.90 Å². The van der Waals surface area contributed by atoms with Crippen molar-refractivity contribution in [1.29, 1.82) is 0 Å². The van der Waals surface area contributed by atoms with Crippen LogP contribution in [-0.4, -0.2) is 47.3 Å². The van der Waals surface area contributed by atoms with Crippen molar-refractivity contribution in [2.45, 2.75) is 32.0 Å². The van der Waals surface area contributed by atoms with Gasteiger partial charge in [0.05, 0.1) is 6.54 Å².